The molecule has 0 heterocycles. The minimum absolute atomic E-state index is 0.303. The third-order valence-electron chi connectivity index (χ3n) is 8.10. The first-order valence-corrected chi connectivity index (χ1v) is 9.41. The fourth-order valence-electron chi connectivity index (χ4n) is 6.61. The molecule has 0 aromatic heterocycles. The van der Waals surface area contributed by atoms with Gasteiger partial charge in [0.15, 0.2) is 5.92 Å². The van der Waals surface area contributed by atoms with Crippen LogP contribution >= 0.6 is 0 Å². The van der Waals surface area contributed by atoms with Crippen molar-refractivity contribution in [2.75, 3.05) is 14.2 Å². The van der Waals surface area contributed by atoms with Crippen LogP contribution in [-0.4, -0.2) is 26.2 Å². The second-order valence-electron chi connectivity index (χ2n) is 8.99. The molecule has 0 aromatic carbocycles. The maximum atomic E-state index is 11.9. The van der Waals surface area contributed by atoms with Gasteiger partial charge in [0.1, 0.15) is 0 Å². The van der Waals surface area contributed by atoms with Gasteiger partial charge in [-0.2, -0.15) is 0 Å². The summed E-state index contributed by atoms with van der Waals surface area (Å²) in [6.45, 7) is 9.63. The number of hydrogen-bond donors (Lipinski definition) is 0. The number of esters is 2. The highest BCUT2D eigenvalue weighted by atomic mass is 16.5. The van der Waals surface area contributed by atoms with Crippen LogP contribution in [0.5, 0.6) is 0 Å². The van der Waals surface area contributed by atoms with Gasteiger partial charge in [0, 0.05) is 0 Å². The monoisotopic (exact) mass is 336 g/mol. The minimum Gasteiger partial charge on any atom is -0.468 e. The predicted molar refractivity (Wildman–Crippen MR) is 90.9 cm³/mol. The molecule has 0 bridgehead atoms. The van der Waals surface area contributed by atoms with Crippen molar-refractivity contribution in [3.05, 3.63) is 0 Å². The Morgan fingerprint density at radius 2 is 1.58 bits per heavy atom. The normalized spacial score (nSPS) is 41.7. The molecule has 0 aromatic rings. The first-order valence-electron chi connectivity index (χ1n) is 9.41. The van der Waals surface area contributed by atoms with Gasteiger partial charge in [-0.25, -0.2) is 0 Å². The molecule has 0 N–H and O–H groups in total. The van der Waals surface area contributed by atoms with Gasteiger partial charge in [0.25, 0.3) is 0 Å². The van der Waals surface area contributed by atoms with Crippen LogP contribution in [0.15, 0.2) is 0 Å². The Kier molecular flexibility index (Phi) is 4.46. The van der Waals surface area contributed by atoms with Crippen LogP contribution in [0.25, 0.3) is 0 Å². The molecule has 136 valence electrons. The van der Waals surface area contributed by atoms with Gasteiger partial charge >= 0.3 is 11.9 Å². The van der Waals surface area contributed by atoms with Crippen LogP contribution in [-0.2, 0) is 19.1 Å². The number of hydrogen-bond acceptors (Lipinski definition) is 4. The molecule has 3 aliphatic rings. The van der Waals surface area contributed by atoms with Crippen molar-refractivity contribution in [3.8, 4) is 0 Å². The molecule has 4 unspecified atom stereocenters. The highest BCUT2D eigenvalue weighted by molar-refractivity contribution is 5.94. The zero-order chi connectivity index (χ0) is 17.8. The predicted octanol–water partition coefficient (Wildman–Crippen LogP) is 3.54. The second kappa shape index (κ2) is 6.03. The maximum Gasteiger partial charge on any atom is 0.320 e. The van der Waals surface area contributed by atoms with Crippen LogP contribution in [0.4, 0.5) is 0 Å². The van der Waals surface area contributed by atoms with Crippen LogP contribution < -0.4 is 0 Å². The summed E-state index contributed by atoms with van der Waals surface area (Å²) in [6.07, 6.45) is 2.69. The van der Waals surface area contributed by atoms with E-state index in [-0.39, 0.29) is 0 Å². The molecule has 24 heavy (non-hydrogen) atoms. The summed E-state index contributed by atoms with van der Waals surface area (Å²) >= 11 is 0. The number of carbonyl (C=O) groups is 2. The Hall–Kier alpha value is -1.06. The van der Waals surface area contributed by atoms with E-state index < -0.39 is 17.9 Å². The van der Waals surface area contributed by atoms with E-state index in [0.29, 0.717) is 17.8 Å². The second-order valence-corrected chi connectivity index (χ2v) is 8.99. The van der Waals surface area contributed by atoms with Crippen molar-refractivity contribution in [3.63, 3.8) is 0 Å². The number of methoxy groups -OCH3 is 2. The largest absolute Gasteiger partial charge is 0.468 e. The maximum absolute atomic E-state index is 11.9. The van der Waals surface area contributed by atoms with E-state index in [1.165, 1.54) is 20.6 Å². The molecule has 4 heteroatoms. The van der Waals surface area contributed by atoms with Crippen molar-refractivity contribution < 1.29 is 19.1 Å². The van der Waals surface area contributed by atoms with E-state index in [9.17, 15) is 9.59 Å². The third kappa shape index (κ3) is 2.32. The van der Waals surface area contributed by atoms with Gasteiger partial charge in [0.05, 0.1) is 14.2 Å². The first kappa shape index (κ1) is 17.8. The van der Waals surface area contributed by atoms with Gasteiger partial charge in [-0.15, -0.1) is 0 Å². The summed E-state index contributed by atoms with van der Waals surface area (Å²) in [4.78, 5) is 23.8. The van der Waals surface area contributed by atoms with Crippen LogP contribution in [0.1, 0.15) is 47.0 Å². The van der Waals surface area contributed by atoms with Gasteiger partial charge in [-0.3, -0.25) is 9.59 Å². The highest BCUT2D eigenvalue weighted by Gasteiger charge is 2.70. The molecule has 3 saturated carbocycles. The number of carbonyl (C=O) groups excluding carboxylic acids is 2. The van der Waals surface area contributed by atoms with E-state index in [4.69, 9.17) is 9.47 Å². The van der Waals surface area contributed by atoms with Gasteiger partial charge in [0.2, 0.25) is 0 Å². The van der Waals surface area contributed by atoms with E-state index in [0.717, 1.165) is 41.9 Å². The fraction of sp³-hybridized carbons (Fsp3) is 0.900. The Balaban J connectivity index is 1.66. The highest BCUT2D eigenvalue weighted by Crippen LogP contribution is 2.75. The van der Waals surface area contributed by atoms with Crippen molar-refractivity contribution >= 4 is 11.9 Å². The SMILES string of the molecule is COC(=O)C(CCC1CC2C(C3[C@H]2[C@H](C)[C@@H]3C)C1(C)C)C(=O)OC. The lowest BCUT2D eigenvalue weighted by molar-refractivity contribution is -0.204. The Morgan fingerprint density at radius 1 is 1.04 bits per heavy atom. The summed E-state index contributed by atoms with van der Waals surface area (Å²) in [5.41, 5.74) is 0.303. The molecule has 0 aliphatic heterocycles. The molecular weight excluding hydrogens is 304 g/mol. The Morgan fingerprint density at radius 3 is 2.12 bits per heavy atom. The van der Waals surface area contributed by atoms with Crippen LogP contribution in [0.2, 0.25) is 0 Å². The fourth-order valence-corrected chi connectivity index (χ4v) is 6.61. The summed E-state index contributed by atoms with van der Waals surface area (Å²) in [7, 11) is 2.66. The van der Waals surface area contributed by atoms with E-state index in [2.05, 4.69) is 27.7 Å². The zero-order valence-corrected chi connectivity index (χ0v) is 15.9. The van der Waals surface area contributed by atoms with Crippen LogP contribution in [0, 0.1) is 52.8 Å². The van der Waals surface area contributed by atoms with Crippen molar-refractivity contribution in [1.29, 1.82) is 0 Å². The molecule has 0 amide bonds. The van der Waals surface area contributed by atoms with Crippen molar-refractivity contribution in [2.45, 2.75) is 47.0 Å². The molecule has 0 spiro atoms. The molecule has 3 fully saturated rings. The van der Waals surface area contributed by atoms with E-state index in [1.807, 2.05) is 0 Å². The van der Waals surface area contributed by atoms with Gasteiger partial charge in [-0.05, 0) is 66.1 Å². The zero-order valence-electron chi connectivity index (χ0n) is 15.9. The summed E-state index contributed by atoms with van der Waals surface area (Å²) < 4.78 is 9.58. The summed E-state index contributed by atoms with van der Waals surface area (Å²) in [5.74, 6) is 4.09. The van der Waals surface area contributed by atoms with E-state index >= 15 is 0 Å². The summed E-state index contributed by atoms with van der Waals surface area (Å²) in [6, 6.07) is 0. The van der Waals surface area contributed by atoms with E-state index in [1.54, 1.807) is 0 Å². The van der Waals surface area contributed by atoms with Crippen molar-refractivity contribution in [1.82, 2.24) is 0 Å². The lowest BCUT2D eigenvalue weighted by Gasteiger charge is -2.68. The quantitative estimate of drug-likeness (QED) is 0.569. The Labute approximate surface area is 145 Å². The lowest BCUT2D eigenvalue weighted by atomic mass is 9.37. The smallest absolute Gasteiger partial charge is 0.320 e. The van der Waals surface area contributed by atoms with Gasteiger partial charge < -0.3 is 9.47 Å². The molecule has 0 radical (unpaired) electrons. The van der Waals surface area contributed by atoms with Crippen LogP contribution in [0.3, 0.4) is 0 Å². The molecule has 7 atom stereocenters. The molecule has 3 rings (SSSR count). The lowest BCUT2D eigenvalue weighted by Crippen LogP contribution is -2.63. The average molecular weight is 336 g/mol. The topological polar surface area (TPSA) is 52.6 Å². The molecule has 0 saturated heterocycles. The third-order valence-corrected chi connectivity index (χ3v) is 8.10. The van der Waals surface area contributed by atoms with Crippen molar-refractivity contribution in [2.24, 2.45) is 52.8 Å². The molecule has 4 nitrogen and oxygen atoms in total. The number of ether oxygens (including phenoxy) is 2. The molecule has 3 aliphatic carbocycles. The number of fused-ring (bicyclic) bond motifs is 4. The minimum atomic E-state index is -0.774. The standard InChI is InChI=1S/C20H32O4/c1-10-11(2)16-15(10)14-9-12(20(3,4)17(14)16)7-8-13(18(21)23-5)19(22)24-6/h10-17H,7-9H2,1-6H3/t10-,11+,12?,14?,15+,16?,17?/m1/s1. The first-order chi connectivity index (χ1) is 11.3. The average Bonchev–Trinajstić information content (AvgIpc) is 2.74. The Bertz CT molecular complexity index is 510. The summed E-state index contributed by atoms with van der Waals surface area (Å²) in [5, 5.41) is 0. The molecular formula is C20H32O4. The number of rotatable bonds is 5. The van der Waals surface area contributed by atoms with Gasteiger partial charge in [-0.1, -0.05) is 27.7 Å².